The quantitative estimate of drug-likeness (QED) is 0.726. The molecular formula is C13H10BrN3O. The maximum absolute atomic E-state index is 5.76. The molecule has 0 N–H and O–H groups in total. The molecule has 0 aromatic carbocycles. The molecule has 3 aromatic heterocycles. The van der Waals surface area contributed by atoms with E-state index < -0.39 is 0 Å². The number of hydrogen-bond donors (Lipinski definition) is 0. The number of hydrogen-bond acceptors (Lipinski definition) is 3. The summed E-state index contributed by atoms with van der Waals surface area (Å²) < 4.78 is 8.62. The summed E-state index contributed by atoms with van der Waals surface area (Å²) in [5.74, 6) is 1.23. The van der Waals surface area contributed by atoms with Crippen molar-refractivity contribution in [2.75, 3.05) is 0 Å². The fraction of sp³-hybridized carbons (Fsp3) is 0.0769. The van der Waals surface area contributed by atoms with E-state index in [0.29, 0.717) is 11.6 Å². The Morgan fingerprint density at radius 2 is 2.17 bits per heavy atom. The fourth-order valence-electron chi connectivity index (χ4n) is 1.75. The number of ether oxygens (including phenoxy) is 1. The predicted molar refractivity (Wildman–Crippen MR) is 71.9 cm³/mol. The number of aryl methyl sites for hydroxylation is 1. The Labute approximate surface area is 112 Å². The highest BCUT2D eigenvalue weighted by Crippen LogP contribution is 2.27. The van der Waals surface area contributed by atoms with E-state index in [1.165, 1.54) is 0 Å². The van der Waals surface area contributed by atoms with E-state index in [4.69, 9.17) is 4.74 Å². The lowest BCUT2D eigenvalue weighted by Gasteiger charge is -2.06. The smallest absolute Gasteiger partial charge is 0.219 e. The first-order valence-corrected chi connectivity index (χ1v) is 6.25. The summed E-state index contributed by atoms with van der Waals surface area (Å²) in [4.78, 5) is 8.58. The predicted octanol–water partition coefficient (Wildman–Crippen LogP) is 3.59. The highest BCUT2D eigenvalue weighted by Gasteiger charge is 2.09. The van der Waals surface area contributed by atoms with Gasteiger partial charge in [-0.05, 0) is 28.9 Å². The van der Waals surface area contributed by atoms with E-state index in [1.807, 2.05) is 48.0 Å². The molecule has 3 rings (SSSR count). The van der Waals surface area contributed by atoms with Crippen LogP contribution < -0.4 is 4.74 Å². The molecule has 0 bridgehead atoms. The topological polar surface area (TPSA) is 39.4 Å². The van der Waals surface area contributed by atoms with Crippen LogP contribution in [0, 0.1) is 6.92 Å². The molecule has 0 saturated carbocycles. The van der Waals surface area contributed by atoms with Crippen molar-refractivity contribution in [1.82, 2.24) is 14.4 Å². The van der Waals surface area contributed by atoms with Crippen molar-refractivity contribution >= 4 is 21.6 Å². The summed E-state index contributed by atoms with van der Waals surface area (Å²) in [6.07, 6.45) is 5.59. The number of fused-ring (bicyclic) bond motifs is 1. The van der Waals surface area contributed by atoms with Crippen LogP contribution in [0.3, 0.4) is 0 Å². The van der Waals surface area contributed by atoms with Gasteiger partial charge in [0.15, 0.2) is 11.4 Å². The molecule has 0 radical (unpaired) electrons. The first-order chi connectivity index (χ1) is 8.72. The molecule has 0 aliphatic heterocycles. The van der Waals surface area contributed by atoms with Gasteiger partial charge in [-0.15, -0.1) is 0 Å². The summed E-state index contributed by atoms with van der Waals surface area (Å²) in [6, 6.07) is 7.43. The average Bonchev–Trinajstić information content (AvgIpc) is 2.71. The van der Waals surface area contributed by atoms with Crippen LogP contribution >= 0.6 is 15.9 Å². The molecule has 0 spiro atoms. The Balaban J connectivity index is 2.10. The van der Waals surface area contributed by atoms with Crippen molar-refractivity contribution in [3.05, 3.63) is 53.0 Å². The highest BCUT2D eigenvalue weighted by molar-refractivity contribution is 9.10. The van der Waals surface area contributed by atoms with Crippen LogP contribution in [-0.4, -0.2) is 14.4 Å². The van der Waals surface area contributed by atoms with Gasteiger partial charge in [0.25, 0.3) is 0 Å². The zero-order valence-electron chi connectivity index (χ0n) is 9.67. The minimum Gasteiger partial charge on any atom is -0.435 e. The van der Waals surface area contributed by atoms with Crippen LogP contribution in [0.5, 0.6) is 11.6 Å². The molecule has 3 heterocycles. The van der Waals surface area contributed by atoms with Crippen LogP contribution in [0.15, 0.2) is 47.3 Å². The summed E-state index contributed by atoms with van der Waals surface area (Å²) in [6.45, 7) is 1.95. The molecule has 90 valence electrons. The van der Waals surface area contributed by atoms with Gasteiger partial charge in [-0.2, -0.15) is 0 Å². The lowest BCUT2D eigenvalue weighted by atomic mass is 10.4. The summed E-state index contributed by atoms with van der Waals surface area (Å²) >= 11 is 3.46. The number of imidazole rings is 1. The van der Waals surface area contributed by atoms with Crippen LogP contribution in [-0.2, 0) is 0 Å². The lowest BCUT2D eigenvalue weighted by Crippen LogP contribution is -1.92. The van der Waals surface area contributed by atoms with Gasteiger partial charge in [0.2, 0.25) is 5.88 Å². The average molecular weight is 304 g/mol. The SMILES string of the molecule is Cc1cn2cc(Br)cc(Oc3ccccn3)c2n1. The van der Waals surface area contributed by atoms with Gasteiger partial charge in [-0.3, -0.25) is 0 Å². The second kappa shape index (κ2) is 4.42. The molecule has 0 atom stereocenters. The van der Waals surface area contributed by atoms with E-state index in [0.717, 1.165) is 15.8 Å². The Bertz CT molecular complexity index is 694. The molecule has 5 heteroatoms. The summed E-state index contributed by atoms with van der Waals surface area (Å²) in [5, 5.41) is 0. The minimum atomic E-state index is 0.554. The number of nitrogens with zero attached hydrogens (tertiary/aromatic N) is 3. The summed E-state index contributed by atoms with van der Waals surface area (Å²) in [5.41, 5.74) is 1.72. The van der Waals surface area contributed by atoms with Crippen molar-refractivity contribution in [2.24, 2.45) is 0 Å². The van der Waals surface area contributed by atoms with E-state index in [2.05, 4.69) is 25.9 Å². The van der Waals surface area contributed by atoms with Crippen molar-refractivity contribution in [2.45, 2.75) is 6.92 Å². The third-order valence-electron chi connectivity index (χ3n) is 2.46. The maximum Gasteiger partial charge on any atom is 0.219 e. The van der Waals surface area contributed by atoms with Crippen molar-refractivity contribution < 1.29 is 4.74 Å². The number of rotatable bonds is 2. The molecule has 0 amide bonds. The van der Waals surface area contributed by atoms with Crippen LogP contribution in [0.4, 0.5) is 0 Å². The minimum absolute atomic E-state index is 0.554. The monoisotopic (exact) mass is 303 g/mol. The molecule has 0 unspecified atom stereocenters. The largest absolute Gasteiger partial charge is 0.435 e. The number of halogens is 1. The third-order valence-corrected chi connectivity index (χ3v) is 2.89. The zero-order chi connectivity index (χ0) is 12.5. The van der Waals surface area contributed by atoms with Gasteiger partial charge in [0.1, 0.15) is 0 Å². The normalized spacial score (nSPS) is 10.8. The van der Waals surface area contributed by atoms with Crippen LogP contribution in [0.1, 0.15) is 5.69 Å². The Morgan fingerprint density at radius 3 is 2.94 bits per heavy atom. The highest BCUT2D eigenvalue weighted by atomic mass is 79.9. The molecule has 0 aliphatic rings. The van der Waals surface area contributed by atoms with Gasteiger partial charge >= 0.3 is 0 Å². The van der Waals surface area contributed by atoms with E-state index in [1.54, 1.807) is 6.20 Å². The van der Waals surface area contributed by atoms with E-state index in [9.17, 15) is 0 Å². The second-order valence-electron chi connectivity index (χ2n) is 3.91. The second-order valence-corrected chi connectivity index (χ2v) is 4.82. The molecule has 3 aromatic rings. The number of aromatic nitrogens is 3. The third kappa shape index (κ3) is 2.09. The maximum atomic E-state index is 5.76. The molecule has 4 nitrogen and oxygen atoms in total. The lowest BCUT2D eigenvalue weighted by molar-refractivity contribution is 0.464. The van der Waals surface area contributed by atoms with Crippen LogP contribution in [0.25, 0.3) is 5.65 Å². The van der Waals surface area contributed by atoms with Gasteiger partial charge < -0.3 is 9.14 Å². The summed E-state index contributed by atoms with van der Waals surface area (Å²) in [7, 11) is 0. The molecule has 0 saturated heterocycles. The Hall–Kier alpha value is -1.88. The van der Waals surface area contributed by atoms with Gasteiger partial charge in [0.05, 0.1) is 5.69 Å². The first kappa shape index (κ1) is 11.2. The van der Waals surface area contributed by atoms with E-state index in [-0.39, 0.29) is 0 Å². The van der Waals surface area contributed by atoms with Crippen molar-refractivity contribution in [3.8, 4) is 11.6 Å². The molecular weight excluding hydrogens is 294 g/mol. The van der Waals surface area contributed by atoms with Crippen LogP contribution in [0.2, 0.25) is 0 Å². The zero-order valence-corrected chi connectivity index (χ0v) is 11.3. The Kier molecular flexibility index (Phi) is 2.76. The fourth-order valence-corrected chi connectivity index (χ4v) is 2.18. The standard InChI is InChI=1S/C13H10BrN3O/c1-9-7-17-8-10(14)6-11(13(17)16-9)18-12-4-2-3-5-15-12/h2-8H,1H3. The molecule has 18 heavy (non-hydrogen) atoms. The first-order valence-electron chi connectivity index (χ1n) is 5.46. The van der Waals surface area contributed by atoms with Crippen molar-refractivity contribution in [3.63, 3.8) is 0 Å². The van der Waals surface area contributed by atoms with E-state index >= 15 is 0 Å². The number of pyridine rings is 2. The Morgan fingerprint density at radius 1 is 1.28 bits per heavy atom. The molecule has 0 aliphatic carbocycles. The van der Waals surface area contributed by atoms with Gasteiger partial charge in [-0.1, -0.05) is 6.07 Å². The molecule has 0 fully saturated rings. The van der Waals surface area contributed by atoms with Crippen molar-refractivity contribution in [1.29, 1.82) is 0 Å². The van der Waals surface area contributed by atoms with Gasteiger partial charge in [-0.25, -0.2) is 9.97 Å². The van der Waals surface area contributed by atoms with Gasteiger partial charge in [0, 0.05) is 35.2 Å².